The van der Waals surface area contributed by atoms with Gasteiger partial charge in [-0.1, -0.05) is 39.4 Å². The average Bonchev–Trinajstić information content (AvgIpc) is 3.27. The van der Waals surface area contributed by atoms with Crippen molar-refractivity contribution in [2.24, 2.45) is 0 Å². The zero-order valence-corrected chi connectivity index (χ0v) is 18.2. The number of halogens is 1. The van der Waals surface area contributed by atoms with Crippen molar-refractivity contribution >= 4 is 49.2 Å². The number of carbonyl (C=O) groups is 1. The minimum Gasteiger partial charge on any atom is -0.497 e. The first-order chi connectivity index (χ1) is 14.0. The molecular formula is C21H17BrN4O2S. The van der Waals surface area contributed by atoms with E-state index < -0.39 is 0 Å². The molecule has 0 saturated heterocycles. The Bertz CT molecular complexity index is 1260. The fourth-order valence-corrected chi connectivity index (χ4v) is 5.17. The number of ether oxygens (including phenoxy) is 1. The molecule has 0 bridgehead atoms. The van der Waals surface area contributed by atoms with Gasteiger partial charge < -0.3 is 10.1 Å². The minimum absolute atomic E-state index is 0.0218. The summed E-state index contributed by atoms with van der Waals surface area (Å²) in [4.78, 5) is 17.3. The standard InChI is InChI=1S/C21H17BrN4O2S/c1-11-19-15(12-4-3-5-13(22)8-12)10-18(27)24-20(19)26(25-11)21-23-16-7-6-14(28-2)9-17(16)29-21/h3-9,15H,10H2,1-2H3,(H,24,27)/t15-/m0/s1. The zero-order chi connectivity index (χ0) is 20.1. The van der Waals surface area contributed by atoms with Crippen molar-refractivity contribution in [2.75, 3.05) is 12.4 Å². The van der Waals surface area contributed by atoms with Gasteiger partial charge in [-0.3, -0.25) is 4.79 Å². The fraction of sp³-hybridized carbons (Fsp3) is 0.190. The van der Waals surface area contributed by atoms with E-state index in [1.54, 1.807) is 11.8 Å². The molecule has 1 aliphatic rings. The predicted molar refractivity (Wildman–Crippen MR) is 117 cm³/mol. The number of hydrogen-bond acceptors (Lipinski definition) is 5. The number of aryl methyl sites for hydroxylation is 1. The molecule has 1 N–H and O–H groups in total. The smallest absolute Gasteiger partial charge is 0.226 e. The van der Waals surface area contributed by atoms with Crippen LogP contribution < -0.4 is 10.1 Å². The maximum atomic E-state index is 12.5. The highest BCUT2D eigenvalue weighted by Crippen LogP contribution is 2.41. The highest BCUT2D eigenvalue weighted by molar-refractivity contribution is 9.10. The Kier molecular flexibility index (Phi) is 4.40. The maximum Gasteiger partial charge on any atom is 0.226 e. The van der Waals surface area contributed by atoms with Crippen molar-refractivity contribution in [1.29, 1.82) is 0 Å². The van der Waals surface area contributed by atoms with Gasteiger partial charge in [-0.15, -0.1) is 0 Å². The summed E-state index contributed by atoms with van der Waals surface area (Å²) in [5.41, 5.74) is 3.90. The molecule has 1 aliphatic heterocycles. The van der Waals surface area contributed by atoms with Gasteiger partial charge in [0.2, 0.25) is 11.0 Å². The van der Waals surface area contributed by atoms with Crippen molar-refractivity contribution < 1.29 is 9.53 Å². The molecule has 29 heavy (non-hydrogen) atoms. The van der Waals surface area contributed by atoms with Crippen LogP contribution in [0, 0.1) is 6.92 Å². The summed E-state index contributed by atoms with van der Waals surface area (Å²) in [5.74, 6) is 1.43. The van der Waals surface area contributed by atoms with E-state index in [2.05, 4.69) is 33.4 Å². The molecule has 0 fully saturated rings. The van der Waals surface area contributed by atoms with E-state index in [1.807, 2.05) is 37.3 Å². The molecule has 0 unspecified atom stereocenters. The molecule has 1 amide bonds. The molecule has 1 atom stereocenters. The summed E-state index contributed by atoms with van der Waals surface area (Å²) in [6.07, 6.45) is 0.396. The lowest BCUT2D eigenvalue weighted by molar-refractivity contribution is -0.116. The van der Waals surface area contributed by atoms with E-state index in [0.29, 0.717) is 17.4 Å². The van der Waals surface area contributed by atoms with Gasteiger partial charge in [0.1, 0.15) is 11.6 Å². The number of amides is 1. The van der Waals surface area contributed by atoms with E-state index in [0.717, 1.165) is 37.3 Å². The molecule has 5 rings (SSSR count). The van der Waals surface area contributed by atoms with Crippen molar-refractivity contribution in [3.63, 3.8) is 0 Å². The second-order valence-electron chi connectivity index (χ2n) is 6.95. The van der Waals surface area contributed by atoms with Crippen LogP contribution in [0.5, 0.6) is 5.75 Å². The number of benzene rings is 2. The van der Waals surface area contributed by atoms with Crippen LogP contribution in [0.25, 0.3) is 15.3 Å². The minimum atomic E-state index is -0.0422. The quantitative estimate of drug-likeness (QED) is 0.457. The van der Waals surface area contributed by atoms with Gasteiger partial charge in [0.25, 0.3) is 0 Å². The third-order valence-electron chi connectivity index (χ3n) is 5.12. The number of methoxy groups -OCH3 is 1. The molecule has 2 aromatic heterocycles. The van der Waals surface area contributed by atoms with Crippen LogP contribution in [0.15, 0.2) is 46.9 Å². The summed E-state index contributed by atoms with van der Waals surface area (Å²) < 4.78 is 9.07. The first-order valence-electron chi connectivity index (χ1n) is 9.13. The SMILES string of the molecule is COc1ccc2nc(-n3nc(C)c4c3NC(=O)C[C@H]4c3cccc(Br)c3)sc2c1. The number of anilines is 1. The van der Waals surface area contributed by atoms with Crippen LogP contribution in [0.2, 0.25) is 0 Å². The molecule has 2 aromatic carbocycles. The Morgan fingerprint density at radius 3 is 2.93 bits per heavy atom. The van der Waals surface area contributed by atoms with E-state index in [1.165, 1.54) is 11.3 Å². The van der Waals surface area contributed by atoms with Crippen molar-refractivity contribution in [3.05, 3.63) is 63.8 Å². The molecule has 6 nitrogen and oxygen atoms in total. The molecule has 0 aliphatic carbocycles. The molecule has 0 radical (unpaired) electrons. The third kappa shape index (κ3) is 3.12. The highest BCUT2D eigenvalue weighted by atomic mass is 79.9. The van der Waals surface area contributed by atoms with Gasteiger partial charge in [0, 0.05) is 22.4 Å². The van der Waals surface area contributed by atoms with Gasteiger partial charge in [0.15, 0.2) is 0 Å². The summed E-state index contributed by atoms with van der Waals surface area (Å²) >= 11 is 5.05. The van der Waals surface area contributed by atoms with E-state index >= 15 is 0 Å². The lowest BCUT2D eigenvalue weighted by atomic mass is 9.86. The Morgan fingerprint density at radius 1 is 1.28 bits per heavy atom. The number of hydrogen-bond donors (Lipinski definition) is 1. The molecule has 0 saturated carbocycles. The van der Waals surface area contributed by atoms with Crippen molar-refractivity contribution in [3.8, 4) is 10.9 Å². The normalized spacial score (nSPS) is 16.0. The Hall–Kier alpha value is -2.71. The third-order valence-corrected chi connectivity index (χ3v) is 6.61. The number of rotatable bonds is 3. The molecule has 4 aromatic rings. The van der Waals surface area contributed by atoms with Gasteiger partial charge >= 0.3 is 0 Å². The summed E-state index contributed by atoms with van der Waals surface area (Å²) in [7, 11) is 1.65. The van der Waals surface area contributed by atoms with E-state index in [9.17, 15) is 4.79 Å². The Labute approximate surface area is 179 Å². The molecule has 8 heteroatoms. The second kappa shape index (κ2) is 6.96. The average molecular weight is 469 g/mol. The first-order valence-corrected chi connectivity index (χ1v) is 10.7. The Balaban J connectivity index is 1.66. The summed E-state index contributed by atoms with van der Waals surface area (Å²) in [6, 6.07) is 13.9. The van der Waals surface area contributed by atoms with E-state index in [4.69, 9.17) is 14.8 Å². The van der Waals surface area contributed by atoms with Crippen LogP contribution in [0.3, 0.4) is 0 Å². The maximum absolute atomic E-state index is 12.5. The second-order valence-corrected chi connectivity index (χ2v) is 8.87. The largest absolute Gasteiger partial charge is 0.497 e. The molecule has 3 heterocycles. The highest BCUT2D eigenvalue weighted by Gasteiger charge is 2.33. The van der Waals surface area contributed by atoms with Gasteiger partial charge in [-0.05, 0) is 42.8 Å². The summed E-state index contributed by atoms with van der Waals surface area (Å²) in [5, 5.41) is 8.48. The number of nitrogens with one attached hydrogen (secondary N) is 1. The zero-order valence-electron chi connectivity index (χ0n) is 15.8. The topological polar surface area (TPSA) is 69.0 Å². The number of carbonyl (C=O) groups excluding carboxylic acids is 1. The number of fused-ring (bicyclic) bond motifs is 2. The summed E-state index contributed by atoms with van der Waals surface area (Å²) in [6.45, 7) is 1.98. The molecule has 146 valence electrons. The van der Waals surface area contributed by atoms with Crippen LogP contribution in [-0.4, -0.2) is 27.8 Å². The van der Waals surface area contributed by atoms with Gasteiger partial charge in [-0.25, -0.2) is 4.98 Å². The Morgan fingerprint density at radius 2 is 2.14 bits per heavy atom. The number of aromatic nitrogens is 3. The van der Waals surface area contributed by atoms with Gasteiger partial charge in [0.05, 0.1) is 23.0 Å². The lowest BCUT2D eigenvalue weighted by Gasteiger charge is -2.24. The van der Waals surface area contributed by atoms with Crippen LogP contribution in [0.1, 0.15) is 29.2 Å². The van der Waals surface area contributed by atoms with E-state index in [-0.39, 0.29) is 11.8 Å². The van der Waals surface area contributed by atoms with Crippen LogP contribution >= 0.6 is 27.3 Å². The molecule has 0 spiro atoms. The predicted octanol–water partition coefficient (Wildman–Crippen LogP) is 5.04. The van der Waals surface area contributed by atoms with Crippen LogP contribution in [0.4, 0.5) is 5.82 Å². The van der Waals surface area contributed by atoms with Crippen molar-refractivity contribution in [2.45, 2.75) is 19.3 Å². The monoisotopic (exact) mass is 468 g/mol. The lowest BCUT2D eigenvalue weighted by Crippen LogP contribution is -2.24. The number of nitrogens with zero attached hydrogens (tertiary/aromatic N) is 3. The van der Waals surface area contributed by atoms with Crippen LogP contribution in [-0.2, 0) is 4.79 Å². The number of thiazole rings is 1. The fourth-order valence-electron chi connectivity index (χ4n) is 3.80. The van der Waals surface area contributed by atoms with Crippen molar-refractivity contribution in [1.82, 2.24) is 14.8 Å². The first kappa shape index (κ1) is 18.3. The molecular weight excluding hydrogens is 452 g/mol. The van der Waals surface area contributed by atoms with Gasteiger partial charge in [-0.2, -0.15) is 9.78 Å².